The van der Waals surface area contributed by atoms with Crippen LogP contribution in [0.15, 0.2) is 53.5 Å². The van der Waals surface area contributed by atoms with Crippen molar-refractivity contribution in [2.45, 2.75) is 46.2 Å². The zero-order chi connectivity index (χ0) is 23.5. The normalized spacial score (nSPS) is 18.6. The number of rotatable bonds is 6. The van der Waals surface area contributed by atoms with E-state index in [-0.39, 0.29) is 5.91 Å². The Bertz CT molecular complexity index is 1100. The van der Waals surface area contributed by atoms with Crippen molar-refractivity contribution in [2.75, 3.05) is 32.9 Å². The van der Waals surface area contributed by atoms with Gasteiger partial charge in [-0.15, -0.1) is 11.8 Å². The minimum Gasteiger partial charge on any atom is -0.340 e. The Morgan fingerprint density at radius 1 is 1.21 bits per heavy atom. The highest BCUT2D eigenvalue weighted by atomic mass is 32.2. The molecule has 176 valence electrons. The fraction of sp³-hybridized carbons (Fsp3) is 0.464. The minimum atomic E-state index is 0.185. The summed E-state index contributed by atoms with van der Waals surface area (Å²) in [5, 5.41) is 1.24. The molecule has 3 heterocycles. The van der Waals surface area contributed by atoms with E-state index >= 15 is 0 Å². The molecule has 1 aromatic heterocycles. The molecule has 2 aliphatic rings. The first-order valence-electron chi connectivity index (χ1n) is 12.1. The van der Waals surface area contributed by atoms with Crippen LogP contribution in [-0.2, 0) is 19.5 Å². The highest BCUT2D eigenvalue weighted by Crippen LogP contribution is 2.32. The smallest absolute Gasteiger partial charge is 0.253 e. The molecular weight excluding hydrogens is 426 g/mol. The second kappa shape index (κ2) is 10.4. The summed E-state index contributed by atoms with van der Waals surface area (Å²) < 4.78 is 2.47. The molecule has 4 rings (SSSR count). The Morgan fingerprint density at radius 3 is 2.67 bits per heavy atom. The zero-order valence-electron chi connectivity index (χ0n) is 20.6. The second-order valence-electron chi connectivity index (χ2n) is 9.70. The van der Waals surface area contributed by atoms with Crippen LogP contribution in [0.25, 0.3) is 10.9 Å². The number of benzene rings is 1. The fourth-order valence-electron chi connectivity index (χ4n) is 5.04. The van der Waals surface area contributed by atoms with E-state index in [9.17, 15) is 4.79 Å². The molecule has 33 heavy (non-hydrogen) atoms. The molecule has 0 unspecified atom stereocenters. The van der Waals surface area contributed by atoms with Gasteiger partial charge < -0.3 is 14.4 Å². The van der Waals surface area contributed by atoms with Crippen LogP contribution in [0.4, 0.5) is 0 Å². The van der Waals surface area contributed by atoms with Crippen LogP contribution in [-0.4, -0.2) is 53.2 Å². The number of carbonyl (C=O) groups excluding carboxylic acids is 1. The van der Waals surface area contributed by atoms with E-state index in [4.69, 9.17) is 0 Å². The number of allylic oxidation sites excluding steroid dienone is 4. The lowest BCUT2D eigenvalue weighted by Crippen LogP contribution is -2.37. The van der Waals surface area contributed by atoms with E-state index in [2.05, 4.69) is 67.5 Å². The topological polar surface area (TPSA) is 28.5 Å². The van der Waals surface area contributed by atoms with Crippen LogP contribution in [0.3, 0.4) is 0 Å². The van der Waals surface area contributed by atoms with Gasteiger partial charge in [-0.2, -0.15) is 0 Å². The number of aromatic nitrogens is 1. The first-order valence-corrected chi connectivity index (χ1v) is 13.3. The Hall–Kier alpha value is -2.24. The quantitative estimate of drug-likeness (QED) is 0.501. The molecule has 0 saturated carbocycles. The number of hydrogen-bond donors (Lipinski definition) is 0. The van der Waals surface area contributed by atoms with Crippen LogP contribution in [0.2, 0.25) is 0 Å². The van der Waals surface area contributed by atoms with Crippen molar-refractivity contribution >= 4 is 28.6 Å². The predicted molar refractivity (Wildman–Crippen MR) is 142 cm³/mol. The van der Waals surface area contributed by atoms with Gasteiger partial charge in [-0.3, -0.25) is 4.79 Å². The highest BCUT2D eigenvalue weighted by Gasteiger charge is 2.25. The maximum absolute atomic E-state index is 13.3. The third-order valence-corrected chi connectivity index (χ3v) is 7.91. The number of thioether (sulfide) groups is 1. The number of amides is 1. The van der Waals surface area contributed by atoms with Crippen LogP contribution < -0.4 is 0 Å². The summed E-state index contributed by atoms with van der Waals surface area (Å²) in [7, 11) is 2.19. The lowest BCUT2D eigenvalue weighted by Gasteiger charge is -2.30. The van der Waals surface area contributed by atoms with Gasteiger partial charge in [-0.05, 0) is 68.8 Å². The van der Waals surface area contributed by atoms with Crippen molar-refractivity contribution in [3.63, 3.8) is 0 Å². The summed E-state index contributed by atoms with van der Waals surface area (Å²) in [5.41, 5.74) is 6.19. The molecule has 1 aromatic carbocycles. The Balaban J connectivity index is 1.70. The Kier molecular flexibility index (Phi) is 7.50. The van der Waals surface area contributed by atoms with E-state index in [0.29, 0.717) is 0 Å². The van der Waals surface area contributed by atoms with Crippen molar-refractivity contribution in [1.29, 1.82) is 0 Å². The number of hydrogen-bond acceptors (Lipinski definition) is 3. The minimum absolute atomic E-state index is 0.185. The number of fused-ring (bicyclic) bond motifs is 3. The average Bonchev–Trinajstić information content (AvgIpc) is 3.11. The molecule has 2 aliphatic heterocycles. The third-order valence-electron chi connectivity index (χ3n) is 7.14. The number of carbonyl (C=O) groups is 1. The lowest BCUT2D eigenvalue weighted by atomic mass is 9.98. The molecule has 0 radical (unpaired) electrons. The van der Waals surface area contributed by atoms with Crippen molar-refractivity contribution in [3.05, 3.63) is 70.3 Å². The van der Waals surface area contributed by atoms with E-state index in [1.54, 1.807) is 11.8 Å². The van der Waals surface area contributed by atoms with E-state index < -0.39 is 0 Å². The Morgan fingerprint density at radius 2 is 1.97 bits per heavy atom. The van der Waals surface area contributed by atoms with Crippen molar-refractivity contribution in [1.82, 2.24) is 14.4 Å². The summed E-state index contributed by atoms with van der Waals surface area (Å²) >= 11 is 1.71. The van der Waals surface area contributed by atoms with Crippen LogP contribution >= 0.6 is 11.8 Å². The van der Waals surface area contributed by atoms with Crippen molar-refractivity contribution in [3.8, 4) is 0 Å². The van der Waals surface area contributed by atoms with Gasteiger partial charge in [0.25, 0.3) is 5.91 Å². The van der Waals surface area contributed by atoms with E-state index in [0.717, 1.165) is 63.5 Å². The average molecular weight is 464 g/mol. The van der Waals surface area contributed by atoms with Crippen LogP contribution in [0, 0.1) is 5.92 Å². The van der Waals surface area contributed by atoms with Crippen LogP contribution in [0.1, 0.15) is 48.3 Å². The summed E-state index contributed by atoms with van der Waals surface area (Å²) in [6.07, 6.45) is 11.6. The van der Waals surface area contributed by atoms with Gasteiger partial charge in [0, 0.05) is 66.2 Å². The number of likely N-dealkylation sites (tertiary alicyclic amines) is 1. The van der Waals surface area contributed by atoms with Gasteiger partial charge in [0.2, 0.25) is 0 Å². The molecule has 1 saturated heterocycles. The summed E-state index contributed by atoms with van der Waals surface area (Å²) in [6, 6.07) is 6.37. The van der Waals surface area contributed by atoms with E-state index in [1.165, 1.54) is 32.6 Å². The highest BCUT2D eigenvalue weighted by molar-refractivity contribution is 8.02. The molecule has 5 heteroatoms. The fourth-order valence-corrected chi connectivity index (χ4v) is 5.41. The van der Waals surface area contributed by atoms with Gasteiger partial charge in [-0.25, -0.2) is 0 Å². The number of nitrogens with zero attached hydrogens (tertiary/aromatic N) is 3. The predicted octanol–water partition coefficient (Wildman–Crippen LogP) is 5.88. The van der Waals surface area contributed by atoms with Gasteiger partial charge in [-0.1, -0.05) is 31.2 Å². The van der Waals surface area contributed by atoms with Gasteiger partial charge in [0.05, 0.1) is 0 Å². The lowest BCUT2D eigenvalue weighted by molar-refractivity contribution is 0.0697. The monoisotopic (exact) mass is 463 g/mol. The van der Waals surface area contributed by atoms with Crippen molar-refractivity contribution in [2.24, 2.45) is 5.92 Å². The molecule has 0 aliphatic carbocycles. The molecule has 1 amide bonds. The third kappa shape index (κ3) is 5.15. The molecule has 2 aromatic rings. The standard InChI is InChI=1S/C28H37N3OS/c1-6-23(33-5)9-7-21(3)18-31-26-10-8-22(28(32)30-15-11-20(2)12-16-30)17-24(26)25-19-29(4)14-13-27(25)31/h6-10,17,20H,1,11-16,18-19H2,2-5H3/b21-7+,23-9+. The zero-order valence-corrected chi connectivity index (χ0v) is 21.4. The summed E-state index contributed by atoms with van der Waals surface area (Å²) in [5.74, 6) is 0.905. The molecule has 0 spiro atoms. The SMILES string of the molecule is C=C/C(=C\C=C(/C)Cn1c2c(c3cc(C(=O)N4CCC(C)CC4)ccc31)CN(C)CC2)SC. The number of likely N-dealkylation sites (N-methyl/N-ethyl adjacent to an activating group) is 1. The molecule has 0 atom stereocenters. The largest absolute Gasteiger partial charge is 0.340 e. The maximum atomic E-state index is 13.3. The first-order chi connectivity index (χ1) is 15.9. The summed E-state index contributed by atoms with van der Waals surface area (Å²) in [4.78, 5) is 18.9. The molecule has 1 fully saturated rings. The van der Waals surface area contributed by atoms with Gasteiger partial charge in [0.1, 0.15) is 0 Å². The van der Waals surface area contributed by atoms with E-state index in [1.807, 2.05) is 17.0 Å². The maximum Gasteiger partial charge on any atom is 0.253 e. The van der Waals surface area contributed by atoms with Crippen LogP contribution in [0.5, 0.6) is 0 Å². The molecule has 4 nitrogen and oxygen atoms in total. The molecule has 0 bridgehead atoms. The van der Waals surface area contributed by atoms with Crippen molar-refractivity contribution < 1.29 is 4.79 Å². The second-order valence-corrected chi connectivity index (χ2v) is 10.6. The molecular formula is C28H37N3OS. The molecule has 0 N–H and O–H groups in total. The number of piperidine rings is 1. The van der Waals surface area contributed by atoms with Gasteiger partial charge in [0.15, 0.2) is 0 Å². The van der Waals surface area contributed by atoms with Gasteiger partial charge >= 0.3 is 0 Å². The Labute approximate surface area is 203 Å². The first kappa shape index (κ1) is 23.9. The summed E-state index contributed by atoms with van der Waals surface area (Å²) in [6.45, 7) is 13.0.